The van der Waals surface area contributed by atoms with Crippen molar-refractivity contribution in [3.8, 4) is 11.4 Å². The smallest absolute Gasteiger partial charge is 0.330 e. The molecule has 2 heterocycles. The molecule has 3 aromatic rings. The number of nitrogens with zero attached hydrogens (tertiary/aromatic N) is 6. The van der Waals surface area contributed by atoms with E-state index >= 15 is 0 Å². The van der Waals surface area contributed by atoms with E-state index in [2.05, 4.69) is 15.5 Å². The van der Waals surface area contributed by atoms with Crippen molar-refractivity contribution in [2.45, 2.75) is 10.9 Å². The Balaban J connectivity index is 1.85. The SMILES string of the molecule is COc1ccc(-n2nnnc2SCc2cc(=O)n(C)c(=O)n2C)cc1. The van der Waals surface area contributed by atoms with Crippen LogP contribution in [0.15, 0.2) is 45.1 Å². The first kappa shape index (κ1) is 17.0. The minimum Gasteiger partial charge on any atom is -0.497 e. The minimum absolute atomic E-state index is 0.339. The largest absolute Gasteiger partial charge is 0.497 e. The molecule has 0 fully saturated rings. The highest BCUT2D eigenvalue weighted by Gasteiger charge is 2.12. The van der Waals surface area contributed by atoms with Crippen molar-refractivity contribution >= 4 is 11.8 Å². The molecule has 2 aromatic heterocycles. The van der Waals surface area contributed by atoms with Gasteiger partial charge in [0.05, 0.1) is 12.8 Å². The fourth-order valence-electron chi connectivity index (χ4n) is 2.21. The average Bonchev–Trinajstić information content (AvgIpc) is 3.10. The fraction of sp³-hybridized carbons (Fsp3) is 0.267. The summed E-state index contributed by atoms with van der Waals surface area (Å²) in [6.07, 6.45) is 0. The zero-order valence-corrected chi connectivity index (χ0v) is 14.7. The number of rotatable bonds is 5. The Morgan fingerprint density at radius 1 is 1.12 bits per heavy atom. The van der Waals surface area contributed by atoms with Crippen molar-refractivity contribution in [2.24, 2.45) is 14.1 Å². The summed E-state index contributed by atoms with van der Waals surface area (Å²) in [6, 6.07) is 8.75. The van der Waals surface area contributed by atoms with Gasteiger partial charge in [-0.25, -0.2) is 4.79 Å². The highest BCUT2D eigenvalue weighted by atomic mass is 32.2. The quantitative estimate of drug-likeness (QED) is 0.606. The Morgan fingerprint density at radius 3 is 2.52 bits per heavy atom. The topological polar surface area (TPSA) is 96.8 Å². The lowest BCUT2D eigenvalue weighted by Crippen LogP contribution is -2.37. The standard InChI is InChI=1S/C15H16N6O3S/c1-19-11(8-13(22)20(2)15(19)23)9-25-14-16-17-18-21(14)10-4-6-12(24-3)7-5-10/h4-8H,9H2,1-3H3. The maximum atomic E-state index is 12.0. The molecule has 1 aromatic carbocycles. The monoisotopic (exact) mass is 360 g/mol. The molecule has 0 aliphatic carbocycles. The van der Waals surface area contributed by atoms with Gasteiger partial charge in [-0.05, 0) is 34.7 Å². The summed E-state index contributed by atoms with van der Waals surface area (Å²) >= 11 is 1.34. The van der Waals surface area contributed by atoms with E-state index in [4.69, 9.17) is 4.74 Å². The van der Waals surface area contributed by atoms with Gasteiger partial charge in [-0.15, -0.1) is 5.10 Å². The van der Waals surface area contributed by atoms with Gasteiger partial charge in [-0.3, -0.25) is 13.9 Å². The molecule has 0 aliphatic heterocycles. The van der Waals surface area contributed by atoms with Gasteiger partial charge in [-0.1, -0.05) is 11.8 Å². The van der Waals surface area contributed by atoms with Crippen LogP contribution >= 0.6 is 11.8 Å². The van der Waals surface area contributed by atoms with Crippen LogP contribution in [-0.4, -0.2) is 36.5 Å². The molecule has 0 bridgehead atoms. The first-order chi connectivity index (χ1) is 12.0. The van der Waals surface area contributed by atoms with Crippen molar-refractivity contribution in [3.63, 3.8) is 0 Å². The van der Waals surface area contributed by atoms with Crippen molar-refractivity contribution in [1.82, 2.24) is 29.3 Å². The number of benzene rings is 1. The highest BCUT2D eigenvalue weighted by molar-refractivity contribution is 7.98. The maximum absolute atomic E-state index is 12.0. The van der Waals surface area contributed by atoms with Crippen molar-refractivity contribution < 1.29 is 4.74 Å². The zero-order chi connectivity index (χ0) is 18.0. The molecule has 3 rings (SSSR count). The molecule has 0 amide bonds. The van der Waals surface area contributed by atoms with Crippen LogP contribution in [0.3, 0.4) is 0 Å². The number of thioether (sulfide) groups is 1. The zero-order valence-electron chi connectivity index (χ0n) is 13.9. The predicted octanol–water partition coefficient (Wildman–Crippen LogP) is 0.361. The second-order valence-electron chi connectivity index (χ2n) is 5.23. The normalized spacial score (nSPS) is 10.8. The van der Waals surface area contributed by atoms with Crippen molar-refractivity contribution in [2.75, 3.05) is 7.11 Å². The lowest BCUT2D eigenvalue weighted by Gasteiger charge is -2.09. The number of aromatic nitrogens is 6. The summed E-state index contributed by atoms with van der Waals surface area (Å²) in [5.74, 6) is 1.12. The van der Waals surface area contributed by atoms with Crippen LogP contribution in [0.1, 0.15) is 5.69 Å². The second-order valence-corrected chi connectivity index (χ2v) is 6.18. The summed E-state index contributed by atoms with van der Waals surface area (Å²) < 4.78 is 9.23. The second kappa shape index (κ2) is 6.93. The van der Waals surface area contributed by atoms with Crippen LogP contribution in [0.2, 0.25) is 0 Å². The minimum atomic E-state index is -0.363. The van der Waals surface area contributed by atoms with Gasteiger partial charge in [0.2, 0.25) is 5.16 Å². The van der Waals surface area contributed by atoms with Crippen molar-refractivity contribution in [3.05, 3.63) is 56.9 Å². The average molecular weight is 360 g/mol. The molecule has 0 unspecified atom stereocenters. The summed E-state index contributed by atoms with van der Waals surface area (Å²) in [6.45, 7) is 0. The van der Waals surface area contributed by atoms with E-state index in [1.165, 1.54) is 29.4 Å². The van der Waals surface area contributed by atoms with Crippen LogP contribution < -0.4 is 16.0 Å². The number of hydrogen-bond donors (Lipinski definition) is 0. The lowest BCUT2D eigenvalue weighted by molar-refractivity contribution is 0.414. The molecule has 0 saturated carbocycles. The molecular weight excluding hydrogens is 344 g/mol. The highest BCUT2D eigenvalue weighted by Crippen LogP contribution is 2.22. The number of ether oxygens (including phenoxy) is 1. The lowest BCUT2D eigenvalue weighted by atomic mass is 10.3. The molecule has 10 heteroatoms. The molecule has 0 spiro atoms. The van der Waals surface area contributed by atoms with Gasteiger partial charge < -0.3 is 4.74 Å². The maximum Gasteiger partial charge on any atom is 0.330 e. The first-order valence-corrected chi connectivity index (χ1v) is 8.31. The van der Waals surface area contributed by atoms with E-state index in [9.17, 15) is 9.59 Å². The number of hydrogen-bond acceptors (Lipinski definition) is 7. The molecule has 0 atom stereocenters. The van der Waals surface area contributed by atoms with Gasteiger partial charge in [0.25, 0.3) is 5.56 Å². The van der Waals surface area contributed by atoms with Gasteiger partial charge in [0.1, 0.15) is 5.75 Å². The molecule has 0 aliphatic rings. The van der Waals surface area contributed by atoms with E-state index in [1.807, 2.05) is 24.3 Å². The van der Waals surface area contributed by atoms with E-state index in [1.54, 1.807) is 18.8 Å². The van der Waals surface area contributed by atoms with Gasteiger partial charge in [0, 0.05) is 31.6 Å². The van der Waals surface area contributed by atoms with Crippen LogP contribution in [0.25, 0.3) is 5.69 Å². The van der Waals surface area contributed by atoms with Crippen LogP contribution in [-0.2, 0) is 19.8 Å². The predicted molar refractivity (Wildman–Crippen MR) is 92.2 cm³/mol. The van der Waals surface area contributed by atoms with Gasteiger partial charge in [-0.2, -0.15) is 4.68 Å². The van der Waals surface area contributed by atoms with E-state index in [-0.39, 0.29) is 11.2 Å². The van der Waals surface area contributed by atoms with E-state index in [0.717, 1.165) is 16.0 Å². The first-order valence-electron chi connectivity index (χ1n) is 7.33. The Kier molecular flexibility index (Phi) is 4.70. The molecule has 0 N–H and O–H groups in total. The third-order valence-corrected chi connectivity index (χ3v) is 4.69. The molecular formula is C15H16N6O3S. The Hall–Kier alpha value is -2.88. The van der Waals surface area contributed by atoms with Crippen molar-refractivity contribution in [1.29, 1.82) is 0 Å². The third kappa shape index (κ3) is 3.33. The third-order valence-electron chi connectivity index (χ3n) is 3.73. The summed E-state index contributed by atoms with van der Waals surface area (Å²) in [5.41, 5.74) is 0.680. The molecule has 130 valence electrons. The molecule has 0 radical (unpaired) electrons. The van der Waals surface area contributed by atoms with Crippen LogP contribution in [0.4, 0.5) is 0 Å². The van der Waals surface area contributed by atoms with Gasteiger partial charge in [0.15, 0.2) is 0 Å². The Morgan fingerprint density at radius 2 is 1.84 bits per heavy atom. The molecule has 0 saturated heterocycles. The summed E-state index contributed by atoms with van der Waals surface area (Å²) in [5, 5.41) is 12.2. The fourth-order valence-corrected chi connectivity index (χ4v) is 3.12. The van der Waals surface area contributed by atoms with E-state index < -0.39 is 0 Å². The molecule has 9 nitrogen and oxygen atoms in total. The van der Waals surface area contributed by atoms with Crippen LogP contribution in [0.5, 0.6) is 5.75 Å². The summed E-state index contributed by atoms with van der Waals surface area (Å²) in [4.78, 5) is 23.8. The van der Waals surface area contributed by atoms with Gasteiger partial charge >= 0.3 is 5.69 Å². The number of tetrazole rings is 1. The summed E-state index contributed by atoms with van der Waals surface area (Å²) in [7, 11) is 4.68. The van der Waals surface area contributed by atoms with Crippen LogP contribution in [0, 0.1) is 0 Å². The Labute approximate surface area is 146 Å². The number of methoxy groups -OCH3 is 1. The van der Waals surface area contributed by atoms with E-state index in [0.29, 0.717) is 16.6 Å². The molecule has 25 heavy (non-hydrogen) atoms. The Bertz CT molecular complexity index is 1010.